The van der Waals surface area contributed by atoms with Crippen molar-refractivity contribution in [1.29, 1.82) is 0 Å². The van der Waals surface area contributed by atoms with Crippen molar-refractivity contribution in [3.8, 4) is 11.4 Å². The summed E-state index contributed by atoms with van der Waals surface area (Å²) < 4.78 is 30.0. The molecule has 0 aliphatic carbocycles. The first-order valence-electron chi connectivity index (χ1n) is 6.86. The van der Waals surface area contributed by atoms with Gasteiger partial charge in [0, 0.05) is 12.1 Å². The first-order valence-corrected chi connectivity index (χ1v) is 8.34. The van der Waals surface area contributed by atoms with Gasteiger partial charge in [-0.3, -0.25) is 10.1 Å². The molecule has 0 unspecified atom stereocenters. The minimum Gasteiger partial charge on any atom is -0.497 e. The van der Waals surface area contributed by atoms with Crippen LogP contribution in [0.4, 0.5) is 5.69 Å². The molecule has 0 saturated heterocycles. The molecule has 0 N–H and O–H groups in total. The zero-order valence-electron chi connectivity index (χ0n) is 12.8. The molecule has 1 aromatic heterocycles. The Balaban J connectivity index is 1.97. The number of ether oxygens (including phenoxy) is 1. The first-order chi connectivity index (χ1) is 11.9. The average Bonchev–Trinajstić information content (AvgIpc) is 3.13. The normalized spacial score (nSPS) is 11.2. The van der Waals surface area contributed by atoms with Crippen LogP contribution in [0.2, 0.25) is 0 Å². The number of methoxy groups -OCH3 is 1. The fraction of sp³-hybridized carbons (Fsp3) is 0.0714. The number of hydrogen-bond donors (Lipinski definition) is 0. The highest BCUT2D eigenvalue weighted by atomic mass is 32.2. The van der Waals surface area contributed by atoms with Gasteiger partial charge in [0.05, 0.1) is 22.6 Å². The molecule has 3 rings (SSSR count). The summed E-state index contributed by atoms with van der Waals surface area (Å²) in [5.74, 6) is 0.507. The highest BCUT2D eigenvalue weighted by molar-refractivity contribution is 7.91. The molecule has 0 spiro atoms. The summed E-state index contributed by atoms with van der Waals surface area (Å²) in [6, 6.07) is 11.2. The van der Waals surface area contributed by atoms with E-state index in [1.54, 1.807) is 0 Å². The molecule has 3 aromatic rings. The Morgan fingerprint density at radius 2 is 1.88 bits per heavy atom. The molecule has 2 aromatic carbocycles. The number of sulfone groups is 1. The van der Waals surface area contributed by atoms with Crippen LogP contribution in [0.25, 0.3) is 5.69 Å². The summed E-state index contributed by atoms with van der Waals surface area (Å²) in [5, 5.41) is 21.3. The standard InChI is InChI=1S/C14H11N5O5S/c1-24-12-5-7-13(8-6-12)25(22,23)14-15-17-18(16-14)10-3-2-4-11(9-10)19(20)21/h2-9H,1H3. The molecule has 0 aliphatic rings. The van der Waals surface area contributed by atoms with E-state index in [1.165, 1.54) is 55.6 Å². The van der Waals surface area contributed by atoms with Crippen LogP contribution in [-0.4, -0.2) is 40.7 Å². The maximum absolute atomic E-state index is 12.5. The first kappa shape index (κ1) is 16.5. The van der Waals surface area contributed by atoms with Crippen LogP contribution < -0.4 is 4.74 Å². The summed E-state index contributed by atoms with van der Waals surface area (Å²) in [4.78, 5) is 11.1. The monoisotopic (exact) mass is 361 g/mol. The zero-order valence-corrected chi connectivity index (χ0v) is 13.6. The Labute approximate surface area is 141 Å². The van der Waals surface area contributed by atoms with E-state index in [9.17, 15) is 18.5 Å². The van der Waals surface area contributed by atoms with E-state index in [4.69, 9.17) is 4.74 Å². The van der Waals surface area contributed by atoms with Crippen molar-refractivity contribution in [3.05, 3.63) is 58.6 Å². The number of aromatic nitrogens is 4. The Morgan fingerprint density at radius 3 is 2.52 bits per heavy atom. The number of nitrogens with zero attached hydrogens (tertiary/aromatic N) is 5. The molecule has 0 atom stereocenters. The maximum atomic E-state index is 12.5. The van der Waals surface area contributed by atoms with Crippen molar-refractivity contribution >= 4 is 15.5 Å². The topological polar surface area (TPSA) is 130 Å². The average molecular weight is 361 g/mol. The number of tetrazole rings is 1. The third-order valence-corrected chi connectivity index (χ3v) is 4.81. The van der Waals surface area contributed by atoms with Crippen LogP contribution in [0.15, 0.2) is 58.6 Å². The van der Waals surface area contributed by atoms with Crippen LogP contribution in [-0.2, 0) is 9.84 Å². The minimum atomic E-state index is -3.97. The lowest BCUT2D eigenvalue weighted by molar-refractivity contribution is -0.384. The Morgan fingerprint density at radius 1 is 1.16 bits per heavy atom. The van der Waals surface area contributed by atoms with Crippen LogP contribution in [0.1, 0.15) is 0 Å². The minimum absolute atomic E-state index is 0.0214. The van der Waals surface area contributed by atoms with Gasteiger partial charge >= 0.3 is 0 Å². The fourth-order valence-corrected chi connectivity index (χ4v) is 3.04. The van der Waals surface area contributed by atoms with Crippen molar-refractivity contribution in [2.24, 2.45) is 0 Å². The molecule has 128 valence electrons. The molecule has 11 heteroatoms. The van der Waals surface area contributed by atoms with E-state index < -0.39 is 19.9 Å². The van der Waals surface area contributed by atoms with E-state index in [0.29, 0.717) is 5.75 Å². The number of hydrogen-bond acceptors (Lipinski definition) is 8. The van der Waals surface area contributed by atoms with E-state index in [2.05, 4.69) is 15.4 Å². The molecular formula is C14H11N5O5S. The summed E-state index contributed by atoms with van der Waals surface area (Å²) in [6.07, 6.45) is 0. The van der Waals surface area contributed by atoms with Gasteiger partial charge in [-0.05, 0) is 35.5 Å². The second kappa shape index (κ2) is 6.28. The summed E-state index contributed by atoms with van der Waals surface area (Å²) in [6.45, 7) is 0. The zero-order chi connectivity index (χ0) is 18.0. The lowest BCUT2D eigenvalue weighted by Gasteiger charge is -2.02. The van der Waals surface area contributed by atoms with Gasteiger partial charge < -0.3 is 4.74 Å². The third-order valence-electron chi connectivity index (χ3n) is 3.28. The van der Waals surface area contributed by atoms with Crippen molar-refractivity contribution < 1.29 is 18.1 Å². The van der Waals surface area contributed by atoms with Gasteiger partial charge in [-0.1, -0.05) is 11.2 Å². The van der Waals surface area contributed by atoms with Crippen molar-refractivity contribution in [2.75, 3.05) is 7.11 Å². The van der Waals surface area contributed by atoms with Crippen molar-refractivity contribution in [2.45, 2.75) is 10.1 Å². The van der Waals surface area contributed by atoms with Crippen molar-refractivity contribution in [1.82, 2.24) is 20.2 Å². The van der Waals surface area contributed by atoms with Crippen LogP contribution in [0.3, 0.4) is 0 Å². The maximum Gasteiger partial charge on any atom is 0.293 e. The van der Waals surface area contributed by atoms with E-state index in [-0.39, 0.29) is 16.3 Å². The molecule has 0 saturated carbocycles. The van der Waals surface area contributed by atoms with Gasteiger partial charge in [0.2, 0.25) is 9.84 Å². The molecule has 0 fully saturated rings. The summed E-state index contributed by atoms with van der Waals surface area (Å²) in [7, 11) is -2.50. The second-order valence-corrected chi connectivity index (χ2v) is 6.66. The number of nitro groups is 1. The molecule has 0 aliphatic heterocycles. The molecule has 0 radical (unpaired) electrons. The van der Waals surface area contributed by atoms with Gasteiger partial charge in [-0.2, -0.15) is 0 Å². The van der Waals surface area contributed by atoms with E-state index in [0.717, 1.165) is 4.80 Å². The SMILES string of the molecule is COc1ccc(S(=O)(=O)c2nnn(-c3cccc([N+](=O)[O-])c3)n2)cc1. The van der Waals surface area contributed by atoms with Crippen LogP contribution >= 0.6 is 0 Å². The lowest BCUT2D eigenvalue weighted by Crippen LogP contribution is -2.06. The smallest absolute Gasteiger partial charge is 0.293 e. The van der Waals surface area contributed by atoms with Crippen LogP contribution in [0, 0.1) is 10.1 Å². The predicted octanol–water partition coefficient (Wildman–Crippen LogP) is 1.41. The van der Waals surface area contributed by atoms with Crippen LogP contribution in [0.5, 0.6) is 5.75 Å². The highest BCUT2D eigenvalue weighted by Crippen LogP contribution is 2.21. The van der Waals surface area contributed by atoms with Gasteiger partial charge in [0.25, 0.3) is 10.8 Å². The number of nitro benzene ring substituents is 1. The number of rotatable bonds is 5. The molecule has 10 nitrogen and oxygen atoms in total. The van der Waals surface area contributed by atoms with Gasteiger partial charge in [-0.25, -0.2) is 8.42 Å². The van der Waals surface area contributed by atoms with E-state index in [1.807, 2.05) is 0 Å². The van der Waals surface area contributed by atoms with Crippen molar-refractivity contribution in [3.63, 3.8) is 0 Å². The molecular weight excluding hydrogens is 350 g/mol. The predicted molar refractivity (Wildman–Crippen MR) is 84.3 cm³/mol. The van der Waals surface area contributed by atoms with E-state index >= 15 is 0 Å². The Bertz CT molecular complexity index is 1030. The Hall–Kier alpha value is -3.34. The number of benzene rings is 2. The molecule has 25 heavy (non-hydrogen) atoms. The Kier molecular flexibility index (Phi) is 4.15. The van der Waals surface area contributed by atoms with Gasteiger partial charge in [-0.15, -0.1) is 9.90 Å². The summed E-state index contributed by atoms with van der Waals surface area (Å²) >= 11 is 0. The van der Waals surface area contributed by atoms with Gasteiger partial charge in [0.15, 0.2) is 0 Å². The fourth-order valence-electron chi connectivity index (χ4n) is 2.01. The summed E-state index contributed by atoms with van der Waals surface area (Å²) in [5.41, 5.74) is 0.0484. The van der Waals surface area contributed by atoms with Gasteiger partial charge in [0.1, 0.15) is 5.75 Å². The second-order valence-electron chi connectivity index (χ2n) is 4.82. The quantitative estimate of drug-likeness (QED) is 0.492. The third kappa shape index (κ3) is 3.17. The molecule has 0 bridgehead atoms. The molecule has 1 heterocycles. The highest BCUT2D eigenvalue weighted by Gasteiger charge is 2.24. The lowest BCUT2D eigenvalue weighted by atomic mass is 10.3. The molecule has 0 amide bonds. The largest absolute Gasteiger partial charge is 0.497 e. The number of non-ortho nitro benzene ring substituents is 1.